The minimum atomic E-state index is -1.06. The predicted octanol–water partition coefficient (Wildman–Crippen LogP) is 3.74. The predicted molar refractivity (Wildman–Crippen MR) is 93.5 cm³/mol. The summed E-state index contributed by atoms with van der Waals surface area (Å²) in [6.07, 6.45) is 0. The van der Waals surface area contributed by atoms with E-state index < -0.39 is 35.5 Å². The molecule has 0 saturated carbocycles. The number of hydrogen-bond acceptors (Lipinski definition) is 2. The van der Waals surface area contributed by atoms with Crippen LogP contribution < -0.4 is 16.0 Å². The second-order valence-corrected chi connectivity index (χ2v) is 6.12. The highest BCUT2D eigenvalue weighted by molar-refractivity contribution is 6.33. The summed E-state index contributed by atoms with van der Waals surface area (Å²) < 4.78 is 27.4. The Hall–Kier alpha value is -2.93. The average Bonchev–Trinajstić information content (AvgIpc) is 2.56. The molecule has 0 aromatic heterocycles. The molecule has 1 fully saturated rings. The Morgan fingerprint density at radius 2 is 1.92 bits per heavy atom. The number of urea groups is 1. The fourth-order valence-electron chi connectivity index (χ4n) is 2.78. The number of halogens is 3. The maximum Gasteiger partial charge on any atom is 0.319 e. The third kappa shape index (κ3) is 3.52. The second-order valence-electron chi connectivity index (χ2n) is 5.71. The van der Waals surface area contributed by atoms with Crippen LogP contribution >= 0.6 is 11.6 Å². The molecule has 8 heteroatoms. The molecule has 1 heterocycles. The zero-order valence-electron chi connectivity index (χ0n) is 13.4. The number of benzene rings is 2. The highest BCUT2D eigenvalue weighted by Gasteiger charge is 2.39. The summed E-state index contributed by atoms with van der Waals surface area (Å²) >= 11 is 6.04. The van der Waals surface area contributed by atoms with Crippen LogP contribution in [0, 0.1) is 17.6 Å². The van der Waals surface area contributed by atoms with Crippen molar-refractivity contribution in [1.29, 1.82) is 0 Å². The summed E-state index contributed by atoms with van der Waals surface area (Å²) in [5.41, 5.74) is 0.427. The van der Waals surface area contributed by atoms with Gasteiger partial charge in [-0.05, 0) is 18.2 Å². The van der Waals surface area contributed by atoms with Crippen LogP contribution in [-0.4, -0.2) is 11.9 Å². The van der Waals surface area contributed by atoms with Gasteiger partial charge in [-0.3, -0.25) is 4.79 Å². The molecular weight excluding hydrogens is 364 g/mol. The lowest BCUT2D eigenvalue weighted by Gasteiger charge is -2.34. The van der Waals surface area contributed by atoms with Gasteiger partial charge in [0.25, 0.3) is 0 Å². The van der Waals surface area contributed by atoms with Gasteiger partial charge in [-0.15, -0.1) is 0 Å². The van der Waals surface area contributed by atoms with E-state index in [4.69, 9.17) is 11.6 Å². The Balaban J connectivity index is 1.95. The summed E-state index contributed by atoms with van der Waals surface area (Å²) in [6, 6.07) is 7.84. The van der Waals surface area contributed by atoms with Gasteiger partial charge in [0.2, 0.25) is 5.91 Å². The third-order valence-electron chi connectivity index (χ3n) is 3.98. The molecule has 26 heavy (non-hydrogen) atoms. The maximum atomic E-state index is 14.2. The summed E-state index contributed by atoms with van der Waals surface area (Å²) in [5.74, 6) is -3.23. The van der Waals surface area contributed by atoms with Crippen LogP contribution in [0.3, 0.4) is 0 Å². The van der Waals surface area contributed by atoms with Crippen LogP contribution in [0.1, 0.15) is 11.6 Å². The number of anilines is 1. The maximum absolute atomic E-state index is 14.2. The van der Waals surface area contributed by atoms with Crippen molar-refractivity contribution in [2.45, 2.75) is 6.04 Å². The topological polar surface area (TPSA) is 70.2 Å². The van der Waals surface area contributed by atoms with Crippen molar-refractivity contribution in [1.82, 2.24) is 10.6 Å². The summed E-state index contributed by atoms with van der Waals surface area (Å²) in [4.78, 5) is 24.6. The minimum absolute atomic E-state index is 0.0262. The molecule has 2 aromatic carbocycles. The zero-order valence-corrected chi connectivity index (χ0v) is 14.1. The molecule has 0 unspecified atom stereocenters. The Kier molecular flexibility index (Phi) is 4.90. The molecule has 3 rings (SSSR count). The number of para-hydroxylation sites is 1. The Labute approximate surface area is 153 Å². The zero-order chi connectivity index (χ0) is 18.8. The van der Waals surface area contributed by atoms with Crippen LogP contribution in [-0.2, 0) is 4.79 Å². The lowest BCUT2D eigenvalue weighted by atomic mass is 9.88. The lowest BCUT2D eigenvalue weighted by molar-refractivity contribution is -0.119. The van der Waals surface area contributed by atoms with Gasteiger partial charge < -0.3 is 16.0 Å². The van der Waals surface area contributed by atoms with Crippen LogP contribution in [0.15, 0.2) is 54.7 Å². The van der Waals surface area contributed by atoms with Gasteiger partial charge in [0.15, 0.2) is 0 Å². The molecule has 1 aliphatic rings. The molecule has 5 nitrogen and oxygen atoms in total. The molecule has 0 aliphatic carbocycles. The van der Waals surface area contributed by atoms with E-state index in [0.717, 1.165) is 6.07 Å². The first-order chi connectivity index (χ1) is 12.4. The number of carbonyl (C=O) groups is 2. The fraction of sp³-hybridized carbons (Fsp3) is 0.111. The molecule has 2 atom stereocenters. The van der Waals surface area contributed by atoms with Gasteiger partial charge in [0.1, 0.15) is 17.6 Å². The number of nitrogens with one attached hydrogen (secondary N) is 3. The van der Waals surface area contributed by atoms with Crippen molar-refractivity contribution in [3.05, 3.63) is 77.0 Å². The molecule has 0 spiro atoms. The second kappa shape index (κ2) is 7.13. The van der Waals surface area contributed by atoms with Crippen molar-refractivity contribution in [3.63, 3.8) is 0 Å². The number of amides is 3. The summed E-state index contributed by atoms with van der Waals surface area (Å²) in [7, 11) is 0. The Morgan fingerprint density at radius 1 is 1.19 bits per heavy atom. The molecule has 134 valence electrons. The average molecular weight is 378 g/mol. The van der Waals surface area contributed by atoms with E-state index in [1.54, 1.807) is 24.3 Å². The SMILES string of the molecule is C=C1NC(=O)N[C@@H](c2ccc(F)cc2F)[C@@H]1C(=O)Nc1ccccc1Cl. The van der Waals surface area contributed by atoms with Gasteiger partial charge in [-0.2, -0.15) is 0 Å². The van der Waals surface area contributed by atoms with Crippen LogP contribution in [0.4, 0.5) is 19.3 Å². The van der Waals surface area contributed by atoms with Crippen molar-refractivity contribution in [2.24, 2.45) is 5.92 Å². The van der Waals surface area contributed by atoms with Gasteiger partial charge in [0, 0.05) is 17.3 Å². The number of carbonyl (C=O) groups excluding carboxylic acids is 2. The first-order valence-electron chi connectivity index (χ1n) is 7.63. The van der Waals surface area contributed by atoms with E-state index in [9.17, 15) is 18.4 Å². The molecule has 2 aromatic rings. The Morgan fingerprint density at radius 3 is 2.62 bits per heavy atom. The summed E-state index contributed by atoms with van der Waals surface area (Å²) in [6.45, 7) is 3.69. The van der Waals surface area contributed by atoms with Gasteiger partial charge in [0.05, 0.1) is 16.8 Å². The van der Waals surface area contributed by atoms with Crippen molar-refractivity contribution in [2.75, 3.05) is 5.32 Å². The standard InChI is InChI=1S/C18H14ClF2N3O2/c1-9-15(17(25)23-14-5-3-2-4-12(14)19)16(24-18(26)22-9)11-7-6-10(20)8-13(11)21/h2-8,15-16H,1H2,(H,23,25)(H2,22,24,26)/t15-,16+/m1/s1. The highest BCUT2D eigenvalue weighted by atomic mass is 35.5. The third-order valence-corrected chi connectivity index (χ3v) is 4.31. The van der Waals surface area contributed by atoms with E-state index in [-0.39, 0.29) is 11.3 Å². The first kappa shape index (κ1) is 17.9. The van der Waals surface area contributed by atoms with Crippen molar-refractivity contribution >= 4 is 29.2 Å². The largest absolute Gasteiger partial charge is 0.330 e. The molecule has 0 bridgehead atoms. The fourth-order valence-corrected chi connectivity index (χ4v) is 2.96. The van der Waals surface area contributed by atoms with Crippen LogP contribution in [0.5, 0.6) is 0 Å². The monoisotopic (exact) mass is 377 g/mol. The molecule has 3 N–H and O–H groups in total. The van der Waals surface area contributed by atoms with E-state index >= 15 is 0 Å². The van der Waals surface area contributed by atoms with E-state index in [1.807, 2.05) is 0 Å². The molecule has 3 amide bonds. The first-order valence-corrected chi connectivity index (χ1v) is 8.01. The normalized spacial score (nSPS) is 19.5. The van der Waals surface area contributed by atoms with Gasteiger partial charge >= 0.3 is 6.03 Å². The quantitative estimate of drug-likeness (QED) is 0.762. The van der Waals surface area contributed by atoms with E-state index in [1.165, 1.54) is 6.07 Å². The van der Waals surface area contributed by atoms with E-state index in [0.29, 0.717) is 16.8 Å². The number of hydrogen-bond donors (Lipinski definition) is 3. The Bertz CT molecular complexity index is 904. The van der Waals surface area contributed by atoms with Crippen LogP contribution in [0.25, 0.3) is 0 Å². The van der Waals surface area contributed by atoms with Crippen molar-refractivity contribution in [3.8, 4) is 0 Å². The highest BCUT2D eigenvalue weighted by Crippen LogP contribution is 2.33. The summed E-state index contributed by atoms with van der Waals surface area (Å²) in [5, 5.41) is 7.85. The molecule has 1 aliphatic heterocycles. The minimum Gasteiger partial charge on any atom is -0.330 e. The van der Waals surface area contributed by atoms with E-state index in [2.05, 4.69) is 22.5 Å². The van der Waals surface area contributed by atoms with Crippen molar-refractivity contribution < 1.29 is 18.4 Å². The lowest BCUT2D eigenvalue weighted by Crippen LogP contribution is -2.52. The molecule has 0 radical (unpaired) electrons. The van der Waals surface area contributed by atoms with Crippen LogP contribution in [0.2, 0.25) is 5.02 Å². The van der Waals surface area contributed by atoms with Gasteiger partial charge in [-0.25, -0.2) is 13.6 Å². The smallest absolute Gasteiger partial charge is 0.319 e. The van der Waals surface area contributed by atoms with Gasteiger partial charge in [-0.1, -0.05) is 36.4 Å². The molecular formula is C18H14ClF2N3O2. The molecule has 1 saturated heterocycles. The number of rotatable bonds is 3.